The van der Waals surface area contributed by atoms with Gasteiger partial charge in [-0.3, -0.25) is 4.90 Å². The molecule has 0 bridgehead atoms. The van der Waals surface area contributed by atoms with Crippen molar-refractivity contribution in [3.8, 4) is 0 Å². The van der Waals surface area contributed by atoms with Crippen LogP contribution in [0.2, 0.25) is 0 Å². The molecule has 21 heavy (non-hydrogen) atoms. The average Bonchev–Trinajstić information content (AvgIpc) is 2.53. The number of benzene rings is 1. The highest BCUT2D eigenvalue weighted by atomic mass is 19.1. The topological polar surface area (TPSA) is 32.5 Å². The Bertz CT molecular complexity index is 465. The molecule has 2 aliphatic rings. The molecule has 0 spiro atoms. The molecule has 1 aromatic rings. The second-order valence-electron chi connectivity index (χ2n) is 6.40. The number of fused-ring (bicyclic) bond motifs is 1. The molecule has 2 fully saturated rings. The fourth-order valence-corrected chi connectivity index (χ4v) is 3.68. The summed E-state index contributed by atoms with van der Waals surface area (Å²) in [6, 6.07) is 7.41. The fourth-order valence-electron chi connectivity index (χ4n) is 3.68. The fraction of sp³-hybridized carbons (Fsp3) is 0.647. The quantitative estimate of drug-likeness (QED) is 0.924. The van der Waals surface area contributed by atoms with Gasteiger partial charge >= 0.3 is 0 Å². The predicted molar refractivity (Wildman–Crippen MR) is 83.6 cm³/mol. The summed E-state index contributed by atoms with van der Waals surface area (Å²) >= 11 is 0. The molecule has 3 rings (SSSR count). The average molecular weight is 291 g/mol. The minimum Gasteiger partial charge on any atom is -0.324 e. The van der Waals surface area contributed by atoms with Crippen molar-refractivity contribution < 1.29 is 4.39 Å². The summed E-state index contributed by atoms with van der Waals surface area (Å²) in [4.78, 5) is 5.14. The van der Waals surface area contributed by atoms with Crippen LogP contribution < -0.4 is 5.73 Å². The van der Waals surface area contributed by atoms with Gasteiger partial charge in [0.1, 0.15) is 5.82 Å². The van der Waals surface area contributed by atoms with E-state index in [-0.39, 0.29) is 11.9 Å². The first-order chi connectivity index (χ1) is 10.2. The van der Waals surface area contributed by atoms with Crippen molar-refractivity contribution in [2.75, 3.05) is 32.7 Å². The van der Waals surface area contributed by atoms with Gasteiger partial charge in [0.15, 0.2) is 0 Å². The van der Waals surface area contributed by atoms with E-state index in [0.29, 0.717) is 5.56 Å². The monoisotopic (exact) mass is 291 g/mol. The highest BCUT2D eigenvalue weighted by Gasteiger charge is 2.28. The molecular weight excluding hydrogens is 265 g/mol. The lowest BCUT2D eigenvalue weighted by atomic mass is 9.98. The van der Waals surface area contributed by atoms with Crippen molar-refractivity contribution >= 4 is 0 Å². The lowest BCUT2D eigenvalue weighted by Gasteiger charge is -2.44. The van der Waals surface area contributed by atoms with Crippen LogP contribution in [0.1, 0.15) is 37.3 Å². The predicted octanol–water partition coefficient (Wildman–Crippen LogP) is 2.39. The van der Waals surface area contributed by atoms with Crippen molar-refractivity contribution in [3.05, 3.63) is 35.6 Å². The molecule has 0 radical (unpaired) electrons. The molecule has 4 heteroatoms. The molecule has 2 aliphatic heterocycles. The van der Waals surface area contributed by atoms with Crippen molar-refractivity contribution in [1.29, 1.82) is 0 Å². The highest BCUT2D eigenvalue weighted by molar-refractivity contribution is 5.20. The number of nitrogens with two attached hydrogens (primary N) is 1. The Kier molecular flexibility index (Phi) is 4.88. The first-order valence-corrected chi connectivity index (χ1v) is 8.20. The maximum Gasteiger partial charge on any atom is 0.127 e. The van der Waals surface area contributed by atoms with E-state index in [2.05, 4.69) is 9.80 Å². The van der Waals surface area contributed by atoms with Crippen molar-refractivity contribution in [2.45, 2.75) is 37.8 Å². The van der Waals surface area contributed by atoms with Gasteiger partial charge in [-0.05, 0) is 31.9 Å². The number of piperidine rings is 1. The molecule has 1 aromatic carbocycles. The summed E-state index contributed by atoms with van der Waals surface area (Å²) < 4.78 is 13.7. The number of piperazine rings is 1. The van der Waals surface area contributed by atoms with Crippen LogP contribution in [0.15, 0.2) is 24.3 Å². The molecule has 0 saturated carbocycles. The van der Waals surface area contributed by atoms with E-state index >= 15 is 0 Å². The Balaban J connectivity index is 1.50. The summed E-state index contributed by atoms with van der Waals surface area (Å²) in [7, 11) is 0. The van der Waals surface area contributed by atoms with Crippen LogP contribution >= 0.6 is 0 Å². The van der Waals surface area contributed by atoms with Gasteiger partial charge < -0.3 is 10.6 Å². The second kappa shape index (κ2) is 6.86. The number of nitrogens with zero attached hydrogens (tertiary/aromatic N) is 2. The number of hydrogen-bond donors (Lipinski definition) is 1. The Labute approximate surface area is 126 Å². The normalized spacial score (nSPS) is 25.5. The van der Waals surface area contributed by atoms with Crippen LogP contribution in [0.4, 0.5) is 4.39 Å². The zero-order valence-corrected chi connectivity index (χ0v) is 12.7. The van der Waals surface area contributed by atoms with Crippen LogP contribution in [-0.4, -0.2) is 48.6 Å². The summed E-state index contributed by atoms with van der Waals surface area (Å²) in [5, 5.41) is 0. The largest absolute Gasteiger partial charge is 0.324 e. The van der Waals surface area contributed by atoms with E-state index in [0.717, 1.165) is 32.1 Å². The third-order valence-electron chi connectivity index (χ3n) is 4.98. The van der Waals surface area contributed by atoms with Gasteiger partial charge in [-0.15, -0.1) is 0 Å². The van der Waals surface area contributed by atoms with Crippen LogP contribution in [0, 0.1) is 5.82 Å². The molecule has 0 aromatic heterocycles. The van der Waals surface area contributed by atoms with Crippen molar-refractivity contribution in [3.63, 3.8) is 0 Å². The van der Waals surface area contributed by atoms with Crippen LogP contribution in [0.3, 0.4) is 0 Å². The van der Waals surface area contributed by atoms with Gasteiger partial charge in [0.2, 0.25) is 0 Å². The van der Waals surface area contributed by atoms with Crippen LogP contribution in [0.5, 0.6) is 0 Å². The smallest absolute Gasteiger partial charge is 0.127 e. The maximum atomic E-state index is 13.7. The van der Waals surface area contributed by atoms with Gasteiger partial charge in [0, 0.05) is 43.8 Å². The first kappa shape index (κ1) is 14.9. The van der Waals surface area contributed by atoms with E-state index < -0.39 is 0 Å². The molecule has 0 aliphatic carbocycles. The second-order valence-corrected chi connectivity index (χ2v) is 6.40. The van der Waals surface area contributed by atoms with Crippen LogP contribution in [-0.2, 0) is 0 Å². The van der Waals surface area contributed by atoms with E-state index in [4.69, 9.17) is 5.73 Å². The highest BCUT2D eigenvalue weighted by Crippen LogP contribution is 2.23. The Hall–Kier alpha value is -0.970. The third kappa shape index (κ3) is 3.62. The number of hydrogen-bond acceptors (Lipinski definition) is 3. The van der Waals surface area contributed by atoms with Gasteiger partial charge in [-0.1, -0.05) is 24.6 Å². The van der Waals surface area contributed by atoms with Gasteiger partial charge in [0.05, 0.1) is 0 Å². The number of rotatable bonds is 4. The molecule has 2 unspecified atom stereocenters. The summed E-state index contributed by atoms with van der Waals surface area (Å²) in [6.07, 6.45) is 4.88. The minimum atomic E-state index is -0.199. The maximum absolute atomic E-state index is 13.7. The van der Waals surface area contributed by atoms with Gasteiger partial charge in [-0.2, -0.15) is 0 Å². The van der Waals surface area contributed by atoms with E-state index in [1.54, 1.807) is 12.1 Å². The lowest BCUT2D eigenvalue weighted by molar-refractivity contribution is 0.0480. The Morgan fingerprint density at radius 2 is 2.05 bits per heavy atom. The van der Waals surface area contributed by atoms with Crippen molar-refractivity contribution in [2.24, 2.45) is 5.73 Å². The molecule has 116 valence electrons. The molecule has 2 heterocycles. The molecule has 2 atom stereocenters. The van der Waals surface area contributed by atoms with Gasteiger partial charge in [0.25, 0.3) is 0 Å². The zero-order chi connectivity index (χ0) is 14.7. The first-order valence-electron chi connectivity index (χ1n) is 8.20. The zero-order valence-electron chi connectivity index (χ0n) is 12.7. The standard InChI is InChI=1S/C17H26FN3/c18-16-7-2-1-6-15(16)17(19)8-10-20-11-12-21-9-4-3-5-14(21)13-20/h1-2,6-7,14,17H,3-5,8-13,19H2. The molecule has 2 N–H and O–H groups in total. The molecule has 0 amide bonds. The molecular formula is C17H26FN3. The Morgan fingerprint density at radius 3 is 2.90 bits per heavy atom. The minimum absolute atomic E-state index is 0.179. The number of halogens is 1. The SMILES string of the molecule is NC(CCN1CCN2CCCCC2C1)c1ccccc1F. The van der Waals surface area contributed by atoms with E-state index in [1.807, 2.05) is 6.07 Å². The van der Waals surface area contributed by atoms with Crippen molar-refractivity contribution in [1.82, 2.24) is 9.80 Å². The third-order valence-corrected chi connectivity index (χ3v) is 4.98. The van der Waals surface area contributed by atoms with Gasteiger partial charge in [-0.25, -0.2) is 4.39 Å². The molecule has 3 nitrogen and oxygen atoms in total. The summed E-state index contributed by atoms with van der Waals surface area (Å²) in [6.45, 7) is 5.71. The molecule has 2 saturated heterocycles. The van der Waals surface area contributed by atoms with Crippen LogP contribution in [0.25, 0.3) is 0 Å². The Morgan fingerprint density at radius 1 is 1.19 bits per heavy atom. The lowest BCUT2D eigenvalue weighted by Crippen LogP contribution is -2.54. The van der Waals surface area contributed by atoms with E-state index in [1.165, 1.54) is 38.4 Å². The van der Waals surface area contributed by atoms with E-state index in [9.17, 15) is 4.39 Å². The summed E-state index contributed by atoms with van der Waals surface area (Å²) in [5.41, 5.74) is 6.81. The summed E-state index contributed by atoms with van der Waals surface area (Å²) in [5.74, 6) is -0.179.